The number of aromatic nitrogens is 2. The van der Waals surface area contributed by atoms with Gasteiger partial charge in [0.1, 0.15) is 0 Å². The molecule has 1 fully saturated rings. The monoisotopic (exact) mass is 211 g/mol. The van der Waals surface area contributed by atoms with E-state index in [0.717, 1.165) is 11.1 Å². The zero-order chi connectivity index (χ0) is 9.80. The number of nitrogens with zero attached hydrogens (tertiary/aromatic N) is 2. The van der Waals surface area contributed by atoms with E-state index in [-0.39, 0.29) is 0 Å². The van der Waals surface area contributed by atoms with Gasteiger partial charge in [-0.05, 0) is 31.8 Å². The molecule has 0 aromatic carbocycles. The number of hydrogen-bond acceptors (Lipinski definition) is 3. The van der Waals surface area contributed by atoms with Crippen molar-refractivity contribution in [3.05, 3.63) is 12.4 Å². The number of imidazole rings is 1. The van der Waals surface area contributed by atoms with Crippen LogP contribution in [0.5, 0.6) is 0 Å². The molecule has 1 aliphatic rings. The number of hydrogen-bond donors (Lipinski definition) is 1. The molecule has 0 radical (unpaired) electrons. The number of piperidine rings is 1. The van der Waals surface area contributed by atoms with Gasteiger partial charge in [-0.3, -0.25) is 0 Å². The zero-order valence-electron chi connectivity index (χ0n) is 8.57. The Bertz CT molecular complexity index is 279. The van der Waals surface area contributed by atoms with E-state index in [4.69, 9.17) is 0 Å². The van der Waals surface area contributed by atoms with E-state index in [1.165, 1.54) is 31.7 Å². The van der Waals surface area contributed by atoms with E-state index in [9.17, 15) is 0 Å². The Hall–Kier alpha value is -0.480. The Balaban J connectivity index is 1.79. The fraction of sp³-hybridized carbons (Fsp3) is 0.700. The first-order valence-corrected chi connectivity index (χ1v) is 6.15. The molecule has 1 aliphatic heterocycles. The van der Waals surface area contributed by atoms with Crippen LogP contribution in [0.25, 0.3) is 0 Å². The van der Waals surface area contributed by atoms with Gasteiger partial charge >= 0.3 is 0 Å². The second-order valence-electron chi connectivity index (χ2n) is 3.84. The molecule has 1 N–H and O–H groups in total. The van der Waals surface area contributed by atoms with Crippen molar-refractivity contribution < 1.29 is 0 Å². The molecular formula is C10H17N3S. The average molecular weight is 211 g/mol. The highest BCUT2D eigenvalue weighted by Gasteiger charge is 2.13. The molecule has 0 bridgehead atoms. The molecule has 0 spiro atoms. The largest absolute Gasteiger partial charge is 0.329 e. The van der Waals surface area contributed by atoms with E-state index >= 15 is 0 Å². The van der Waals surface area contributed by atoms with Crippen LogP contribution in [-0.2, 0) is 7.05 Å². The Morgan fingerprint density at radius 2 is 2.64 bits per heavy atom. The molecule has 14 heavy (non-hydrogen) atoms. The van der Waals surface area contributed by atoms with Crippen LogP contribution in [0.4, 0.5) is 0 Å². The lowest BCUT2D eigenvalue weighted by atomic mass is 10.0. The summed E-state index contributed by atoms with van der Waals surface area (Å²) in [6.07, 6.45) is 6.55. The van der Waals surface area contributed by atoms with Gasteiger partial charge in [0.05, 0.1) is 0 Å². The molecule has 1 unspecified atom stereocenters. The minimum absolute atomic E-state index is 0.824. The van der Waals surface area contributed by atoms with Gasteiger partial charge in [-0.1, -0.05) is 11.8 Å². The van der Waals surface area contributed by atoms with Crippen LogP contribution in [0.3, 0.4) is 0 Å². The van der Waals surface area contributed by atoms with Gasteiger partial charge in [-0.25, -0.2) is 4.98 Å². The van der Waals surface area contributed by atoms with Gasteiger partial charge < -0.3 is 9.88 Å². The number of aryl methyl sites for hydroxylation is 1. The summed E-state index contributed by atoms with van der Waals surface area (Å²) in [5.41, 5.74) is 0. The van der Waals surface area contributed by atoms with Gasteiger partial charge in [-0.15, -0.1) is 0 Å². The summed E-state index contributed by atoms with van der Waals surface area (Å²) in [5.74, 6) is 2.02. The van der Waals surface area contributed by atoms with Crippen LogP contribution in [0.2, 0.25) is 0 Å². The lowest BCUT2D eigenvalue weighted by Gasteiger charge is -2.21. The lowest BCUT2D eigenvalue weighted by Crippen LogP contribution is -2.30. The molecule has 2 rings (SSSR count). The van der Waals surface area contributed by atoms with Crippen LogP contribution in [0, 0.1) is 5.92 Å². The molecule has 1 saturated heterocycles. The summed E-state index contributed by atoms with van der Waals surface area (Å²) in [6, 6.07) is 0. The molecule has 2 heterocycles. The Labute approximate surface area is 89.3 Å². The fourth-order valence-electron chi connectivity index (χ4n) is 1.75. The molecule has 0 aliphatic carbocycles. The molecule has 0 saturated carbocycles. The third kappa shape index (κ3) is 2.51. The van der Waals surface area contributed by atoms with Crippen LogP contribution < -0.4 is 5.32 Å². The topological polar surface area (TPSA) is 29.9 Å². The second kappa shape index (κ2) is 4.84. The van der Waals surface area contributed by atoms with E-state index in [1.54, 1.807) is 0 Å². The molecule has 4 heteroatoms. The highest BCUT2D eigenvalue weighted by molar-refractivity contribution is 7.99. The third-order valence-corrected chi connectivity index (χ3v) is 3.91. The quantitative estimate of drug-likeness (QED) is 0.769. The van der Waals surface area contributed by atoms with Crippen LogP contribution in [-0.4, -0.2) is 28.4 Å². The van der Waals surface area contributed by atoms with Gasteiger partial charge in [-0.2, -0.15) is 0 Å². The van der Waals surface area contributed by atoms with E-state index in [2.05, 4.69) is 21.9 Å². The van der Waals surface area contributed by atoms with Crippen LogP contribution in [0.1, 0.15) is 12.8 Å². The van der Waals surface area contributed by atoms with Gasteiger partial charge in [0, 0.05) is 25.2 Å². The van der Waals surface area contributed by atoms with Crippen molar-refractivity contribution in [2.75, 3.05) is 18.8 Å². The number of rotatable bonds is 3. The Morgan fingerprint density at radius 1 is 1.71 bits per heavy atom. The minimum atomic E-state index is 0.824. The Morgan fingerprint density at radius 3 is 3.29 bits per heavy atom. The van der Waals surface area contributed by atoms with E-state index in [0.29, 0.717) is 0 Å². The number of thioether (sulfide) groups is 1. The first-order chi connectivity index (χ1) is 6.86. The summed E-state index contributed by atoms with van der Waals surface area (Å²) in [6.45, 7) is 2.38. The molecule has 1 aromatic rings. The van der Waals surface area contributed by atoms with E-state index < -0.39 is 0 Å². The maximum Gasteiger partial charge on any atom is 0.167 e. The Kier molecular flexibility index (Phi) is 3.48. The first kappa shape index (κ1) is 10.1. The minimum Gasteiger partial charge on any atom is -0.329 e. The molecular weight excluding hydrogens is 194 g/mol. The predicted octanol–water partition coefficient (Wildman–Crippen LogP) is 1.51. The maximum atomic E-state index is 4.31. The summed E-state index contributed by atoms with van der Waals surface area (Å²) in [7, 11) is 2.05. The summed E-state index contributed by atoms with van der Waals surface area (Å²) in [5, 5.41) is 4.57. The van der Waals surface area contributed by atoms with Crippen molar-refractivity contribution in [3.63, 3.8) is 0 Å². The summed E-state index contributed by atoms with van der Waals surface area (Å²) < 4.78 is 2.08. The average Bonchev–Trinajstić information content (AvgIpc) is 2.63. The predicted molar refractivity (Wildman–Crippen MR) is 59.5 cm³/mol. The molecule has 1 atom stereocenters. The van der Waals surface area contributed by atoms with Crippen molar-refractivity contribution >= 4 is 11.8 Å². The zero-order valence-corrected chi connectivity index (χ0v) is 9.39. The maximum absolute atomic E-state index is 4.31. The normalized spacial score (nSPS) is 22.5. The molecule has 0 amide bonds. The number of nitrogens with one attached hydrogen (secondary N) is 1. The molecule has 78 valence electrons. The fourth-order valence-corrected chi connectivity index (χ4v) is 2.82. The van der Waals surface area contributed by atoms with Crippen molar-refractivity contribution in [3.8, 4) is 0 Å². The smallest absolute Gasteiger partial charge is 0.167 e. The standard InChI is InChI=1S/C10H17N3S/c1-13-6-5-12-10(13)14-8-9-3-2-4-11-7-9/h5-6,9,11H,2-4,7-8H2,1H3. The van der Waals surface area contributed by atoms with Gasteiger partial charge in [0.15, 0.2) is 5.16 Å². The SMILES string of the molecule is Cn1ccnc1SCC1CCCNC1. The van der Waals surface area contributed by atoms with Crippen molar-refractivity contribution in [1.29, 1.82) is 0 Å². The van der Waals surface area contributed by atoms with Crippen molar-refractivity contribution in [2.24, 2.45) is 13.0 Å². The van der Waals surface area contributed by atoms with Crippen molar-refractivity contribution in [1.82, 2.24) is 14.9 Å². The molecule has 3 nitrogen and oxygen atoms in total. The third-order valence-electron chi connectivity index (χ3n) is 2.62. The van der Waals surface area contributed by atoms with E-state index in [1.807, 2.05) is 24.2 Å². The van der Waals surface area contributed by atoms with Crippen LogP contribution >= 0.6 is 11.8 Å². The summed E-state index contributed by atoms with van der Waals surface area (Å²) >= 11 is 1.87. The highest BCUT2D eigenvalue weighted by Crippen LogP contribution is 2.21. The highest BCUT2D eigenvalue weighted by atomic mass is 32.2. The second-order valence-corrected chi connectivity index (χ2v) is 4.83. The lowest BCUT2D eigenvalue weighted by molar-refractivity contribution is 0.410. The van der Waals surface area contributed by atoms with Crippen molar-refractivity contribution in [2.45, 2.75) is 18.0 Å². The molecule has 1 aromatic heterocycles. The van der Waals surface area contributed by atoms with Gasteiger partial charge in [0.2, 0.25) is 0 Å². The van der Waals surface area contributed by atoms with Crippen LogP contribution in [0.15, 0.2) is 17.6 Å². The first-order valence-electron chi connectivity index (χ1n) is 5.17. The van der Waals surface area contributed by atoms with Gasteiger partial charge in [0.25, 0.3) is 0 Å². The summed E-state index contributed by atoms with van der Waals surface area (Å²) in [4.78, 5) is 4.31.